The van der Waals surface area contributed by atoms with E-state index in [9.17, 15) is 22.0 Å². The highest BCUT2D eigenvalue weighted by Gasteiger charge is 2.29. The third-order valence-corrected chi connectivity index (χ3v) is 5.20. The van der Waals surface area contributed by atoms with E-state index in [4.69, 9.17) is 16.3 Å². The lowest BCUT2D eigenvalue weighted by Gasteiger charge is -2.28. The second kappa shape index (κ2) is 8.10. The summed E-state index contributed by atoms with van der Waals surface area (Å²) in [5.41, 5.74) is 0.142. The fourth-order valence-electron chi connectivity index (χ4n) is 2.42. The molecule has 27 heavy (non-hydrogen) atoms. The van der Waals surface area contributed by atoms with Crippen molar-refractivity contribution in [1.29, 1.82) is 0 Å². The molecule has 0 bridgehead atoms. The van der Waals surface area contributed by atoms with Crippen LogP contribution in [0, 0.1) is 11.6 Å². The van der Waals surface area contributed by atoms with Crippen LogP contribution in [0.25, 0.3) is 0 Å². The standard InChI is InChI=1S/C17H17ClF2N2O4S/c1-10(17(23)21-11-4-6-14(19)15(20)8-11)22(27(3,24)25)12-5-7-16(26-2)13(18)9-12/h4-10H,1-3H3,(H,21,23)/t10-/m1/s1. The minimum atomic E-state index is -3.87. The summed E-state index contributed by atoms with van der Waals surface area (Å²) in [5.74, 6) is -2.60. The van der Waals surface area contributed by atoms with Crippen LogP contribution in [0.1, 0.15) is 6.92 Å². The van der Waals surface area contributed by atoms with Crippen molar-refractivity contribution in [3.63, 3.8) is 0 Å². The van der Waals surface area contributed by atoms with Gasteiger partial charge in [0.15, 0.2) is 11.6 Å². The van der Waals surface area contributed by atoms with Gasteiger partial charge in [-0.15, -0.1) is 0 Å². The smallest absolute Gasteiger partial charge is 0.247 e. The number of halogens is 3. The molecule has 0 radical (unpaired) electrons. The molecular weight excluding hydrogens is 402 g/mol. The van der Waals surface area contributed by atoms with Crippen molar-refractivity contribution in [2.24, 2.45) is 0 Å². The van der Waals surface area contributed by atoms with Gasteiger partial charge in [-0.3, -0.25) is 9.10 Å². The molecule has 2 aromatic rings. The van der Waals surface area contributed by atoms with Gasteiger partial charge in [-0.1, -0.05) is 11.6 Å². The molecule has 0 aliphatic heterocycles. The predicted octanol–water partition coefficient (Wildman–Crippen LogP) is 3.42. The van der Waals surface area contributed by atoms with Crippen LogP contribution in [0.5, 0.6) is 5.75 Å². The molecule has 1 amide bonds. The first-order valence-electron chi connectivity index (χ1n) is 7.63. The Hall–Kier alpha value is -2.39. The highest BCUT2D eigenvalue weighted by molar-refractivity contribution is 7.92. The van der Waals surface area contributed by atoms with Gasteiger partial charge in [-0.05, 0) is 37.3 Å². The van der Waals surface area contributed by atoms with Crippen LogP contribution in [0.4, 0.5) is 20.2 Å². The third-order valence-electron chi connectivity index (χ3n) is 3.67. The lowest BCUT2D eigenvalue weighted by molar-refractivity contribution is -0.116. The number of methoxy groups -OCH3 is 1. The Balaban J connectivity index is 2.34. The summed E-state index contributed by atoms with van der Waals surface area (Å²) in [7, 11) is -2.46. The highest BCUT2D eigenvalue weighted by atomic mass is 35.5. The number of nitrogens with zero attached hydrogens (tertiary/aromatic N) is 1. The zero-order valence-electron chi connectivity index (χ0n) is 14.7. The van der Waals surface area contributed by atoms with E-state index in [1.165, 1.54) is 32.2 Å². The first kappa shape index (κ1) is 20.9. The fraction of sp³-hybridized carbons (Fsp3) is 0.235. The fourth-order valence-corrected chi connectivity index (χ4v) is 3.84. The Labute approximate surface area is 160 Å². The zero-order valence-corrected chi connectivity index (χ0v) is 16.2. The molecule has 0 saturated carbocycles. The van der Waals surface area contributed by atoms with Crippen LogP contribution >= 0.6 is 11.6 Å². The average molecular weight is 419 g/mol. The third kappa shape index (κ3) is 4.86. The number of rotatable bonds is 6. The molecule has 0 spiro atoms. The molecule has 2 aromatic carbocycles. The monoisotopic (exact) mass is 418 g/mol. The minimum Gasteiger partial charge on any atom is -0.495 e. The number of hydrogen-bond acceptors (Lipinski definition) is 4. The van der Waals surface area contributed by atoms with Crippen LogP contribution in [-0.2, 0) is 14.8 Å². The largest absolute Gasteiger partial charge is 0.495 e. The van der Waals surface area contributed by atoms with E-state index < -0.39 is 33.6 Å². The molecule has 0 aliphatic rings. The highest BCUT2D eigenvalue weighted by Crippen LogP contribution is 2.31. The molecular formula is C17H17ClF2N2O4S. The Bertz CT molecular complexity index is 969. The molecule has 0 aliphatic carbocycles. The number of carbonyl (C=O) groups is 1. The van der Waals surface area contributed by atoms with Gasteiger partial charge in [-0.2, -0.15) is 0 Å². The van der Waals surface area contributed by atoms with Crippen LogP contribution in [0.15, 0.2) is 36.4 Å². The number of carbonyl (C=O) groups excluding carboxylic acids is 1. The van der Waals surface area contributed by atoms with Crippen molar-refractivity contribution in [3.05, 3.63) is 53.1 Å². The minimum absolute atomic E-state index is 0.00744. The molecule has 0 aromatic heterocycles. The van der Waals surface area contributed by atoms with Gasteiger partial charge in [0.2, 0.25) is 15.9 Å². The van der Waals surface area contributed by atoms with Gasteiger partial charge in [0.25, 0.3) is 0 Å². The first-order chi connectivity index (χ1) is 12.5. The summed E-state index contributed by atoms with van der Waals surface area (Å²) in [5, 5.41) is 2.52. The number of amides is 1. The van der Waals surface area contributed by atoms with Crippen LogP contribution in [0.3, 0.4) is 0 Å². The van der Waals surface area contributed by atoms with Crippen molar-refractivity contribution in [3.8, 4) is 5.75 Å². The number of anilines is 2. The summed E-state index contributed by atoms with van der Waals surface area (Å²) in [4.78, 5) is 12.5. The lowest BCUT2D eigenvalue weighted by atomic mass is 10.2. The van der Waals surface area contributed by atoms with Crippen molar-refractivity contribution < 1.29 is 26.7 Å². The molecule has 1 N–H and O–H groups in total. The average Bonchev–Trinajstić information content (AvgIpc) is 2.57. The quantitative estimate of drug-likeness (QED) is 0.779. The van der Waals surface area contributed by atoms with Crippen LogP contribution in [-0.4, -0.2) is 33.7 Å². The molecule has 0 saturated heterocycles. The van der Waals surface area contributed by atoms with E-state index in [1.807, 2.05) is 0 Å². The molecule has 6 nitrogen and oxygen atoms in total. The molecule has 0 fully saturated rings. The number of ether oxygens (including phenoxy) is 1. The topological polar surface area (TPSA) is 75.7 Å². The molecule has 1 atom stereocenters. The maximum Gasteiger partial charge on any atom is 0.247 e. The van der Waals surface area contributed by atoms with Crippen LogP contribution < -0.4 is 14.4 Å². The maximum absolute atomic E-state index is 13.3. The van der Waals surface area contributed by atoms with Crippen molar-refractivity contribution in [2.75, 3.05) is 23.0 Å². The van der Waals surface area contributed by atoms with E-state index in [0.29, 0.717) is 5.75 Å². The molecule has 146 valence electrons. The SMILES string of the molecule is COc1ccc(N([C@H](C)C(=O)Nc2ccc(F)c(F)c2)S(C)(=O)=O)cc1Cl. The predicted molar refractivity (Wildman–Crippen MR) is 99.8 cm³/mol. The first-order valence-corrected chi connectivity index (χ1v) is 9.86. The molecule has 0 heterocycles. The normalized spacial score (nSPS) is 12.4. The van der Waals surface area contributed by atoms with Gasteiger partial charge in [0.05, 0.1) is 24.1 Å². The number of hydrogen-bond donors (Lipinski definition) is 1. The Morgan fingerprint density at radius 3 is 2.37 bits per heavy atom. The van der Waals surface area contributed by atoms with E-state index in [-0.39, 0.29) is 16.4 Å². The van der Waals surface area contributed by atoms with Crippen LogP contribution in [0.2, 0.25) is 5.02 Å². The zero-order chi connectivity index (χ0) is 20.4. The van der Waals surface area contributed by atoms with Gasteiger partial charge >= 0.3 is 0 Å². The van der Waals surface area contributed by atoms with Crippen molar-refractivity contribution in [1.82, 2.24) is 0 Å². The van der Waals surface area contributed by atoms with E-state index >= 15 is 0 Å². The summed E-state index contributed by atoms with van der Waals surface area (Å²) in [6.07, 6.45) is 0.937. The van der Waals surface area contributed by atoms with Gasteiger partial charge in [-0.25, -0.2) is 17.2 Å². The Morgan fingerprint density at radius 1 is 1.19 bits per heavy atom. The van der Waals surface area contributed by atoms with Gasteiger partial charge < -0.3 is 10.1 Å². The second-order valence-corrected chi connectivity index (χ2v) is 7.94. The summed E-state index contributed by atoms with van der Waals surface area (Å²) in [6, 6.07) is 5.88. The molecule has 10 heteroatoms. The summed E-state index contributed by atoms with van der Waals surface area (Å²) < 4.78 is 56.7. The summed E-state index contributed by atoms with van der Waals surface area (Å²) in [6.45, 7) is 1.36. The number of nitrogens with one attached hydrogen (secondary N) is 1. The molecule has 2 rings (SSSR count). The number of benzene rings is 2. The lowest BCUT2D eigenvalue weighted by Crippen LogP contribution is -2.45. The van der Waals surface area contributed by atoms with Crippen molar-refractivity contribution in [2.45, 2.75) is 13.0 Å². The molecule has 0 unspecified atom stereocenters. The van der Waals surface area contributed by atoms with E-state index in [2.05, 4.69) is 5.32 Å². The Kier molecular flexibility index (Phi) is 6.27. The second-order valence-electron chi connectivity index (χ2n) is 5.67. The van der Waals surface area contributed by atoms with E-state index in [1.54, 1.807) is 0 Å². The van der Waals surface area contributed by atoms with Gasteiger partial charge in [0.1, 0.15) is 11.8 Å². The van der Waals surface area contributed by atoms with Crippen molar-refractivity contribution >= 4 is 38.9 Å². The number of sulfonamides is 1. The maximum atomic E-state index is 13.3. The van der Waals surface area contributed by atoms with E-state index in [0.717, 1.165) is 28.8 Å². The van der Waals surface area contributed by atoms with Gasteiger partial charge in [0, 0.05) is 11.8 Å². The summed E-state index contributed by atoms with van der Waals surface area (Å²) >= 11 is 6.05. The Morgan fingerprint density at radius 2 is 1.85 bits per heavy atom.